The molecule has 0 heterocycles. The molecule has 0 aliphatic heterocycles. The molecule has 2 amide bonds. The van der Waals surface area contributed by atoms with Gasteiger partial charge in [-0.05, 0) is 6.42 Å². The van der Waals surface area contributed by atoms with Crippen LogP contribution in [0.25, 0.3) is 0 Å². The lowest BCUT2D eigenvalue weighted by Gasteiger charge is -2.12. The second-order valence-electron chi connectivity index (χ2n) is 4.34. The first-order chi connectivity index (χ1) is 7.59. The minimum atomic E-state index is -0.173. The minimum Gasteiger partial charge on any atom is -0.286 e. The van der Waals surface area contributed by atoms with Gasteiger partial charge in [-0.25, -0.2) is 0 Å². The summed E-state index contributed by atoms with van der Waals surface area (Å²) in [5, 5.41) is 0. The van der Waals surface area contributed by atoms with Gasteiger partial charge in [-0.1, -0.05) is 45.4 Å². The lowest BCUT2D eigenvalue weighted by Crippen LogP contribution is -2.30. The van der Waals surface area contributed by atoms with Crippen LogP contribution in [0.4, 0.5) is 0 Å². The van der Waals surface area contributed by atoms with Crippen molar-refractivity contribution in [3.05, 3.63) is 0 Å². The second-order valence-corrected chi connectivity index (χ2v) is 4.34. The third kappa shape index (κ3) is 7.43. The van der Waals surface area contributed by atoms with Crippen molar-refractivity contribution in [3.8, 4) is 0 Å². The van der Waals surface area contributed by atoms with E-state index in [-0.39, 0.29) is 11.8 Å². The molecule has 3 nitrogen and oxygen atoms in total. The van der Waals surface area contributed by atoms with Crippen molar-refractivity contribution < 1.29 is 9.59 Å². The zero-order chi connectivity index (χ0) is 12.4. The number of nitrogens with zero attached hydrogens (tertiary/aromatic N) is 1. The Bertz CT molecular complexity index is 214. The second kappa shape index (κ2) is 9.37. The zero-order valence-electron chi connectivity index (χ0n) is 10.9. The number of carbonyl (C=O) groups is 2. The smallest absolute Gasteiger partial charge is 0.228 e. The lowest BCUT2D eigenvalue weighted by molar-refractivity contribution is -0.141. The van der Waals surface area contributed by atoms with Gasteiger partial charge in [0.1, 0.15) is 0 Å². The summed E-state index contributed by atoms with van der Waals surface area (Å²) in [5.41, 5.74) is 0. The summed E-state index contributed by atoms with van der Waals surface area (Å²) < 4.78 is 0. The maximum atomic E-state index is 11.4. The first-order valence-electron chi connectivity index (χ1n) is 6.36. The fourth-order valence-electron chi connectivity index (χ4n) is 1.58. The summed E-state index contributed by atoms with van der Waals surface area (Å²) in [5.74, 6) is -0.228. The Morgan fingerprint density at radius 1 is 0.938 bits per heavy atom. The summed E-state index contributed by atoms with van der Waals surface area (Å²) >= 11 is 0. The first-order valence-corrected chi connectivity index (χ1v) is 6.36. The molecule has 0 atom stereocenters. The van der Waals surface area contributed by atoms with Crippen LogP contribution in [0.15, 0.2) is 0 Å². The summed E-state index contributed by atoms with van der Waals surface area (Å²) in [6, 6.07) is 0. The summed E-state index contributed by atoms with van der Waals surface area (Å²) in [7, 11) is 1.55. The Morgan fingerprint density at radius 2 is 1.44 bits per heavy atom. The van der Waals surface area contributed by atoms with E-state index in [0.29, 0.717) is 6.42 Å². The zero-order valence-corrected chi connectivity index (χ0v) is 10.9. The molecule has 0 aromatic heterocycles. The third-order valence-corrected chi connectivity index (χ3v) is 2.84. The van der Waals surface area contributed by atoms with E-state index in [1.807, 2.05) is 0 Å². The van der Waals surface area contributed by atoms with Crippen LogP contribution < -0.4 is 0 Å². The Balaban J connectivity index is 3.38. The normalized spacial score (nSPS) is 10.2. The average Bonchev–Trinajstić information content (AvgIpc) is 2.26. The van der Waals surface area contributed by atoms with Crippen molar-refractivity contribution in [2.75, 3.05) is 7.05 Å². The Hall–Kier alpha value is -0.860. The molecule has 0 saturated heterocycles. The standard InChI is InChI=1S/C13H25NO2/c1-4-5-6-7-8-9-10-11-13(16)14(3)12(2)15/h4-11H2,1-3H3. The van der Waals surface area contributed by atoms with Crippen LogP contribution >= 0.6 is 0 Å². The average molecular weight is 227 g/mol. The molecule has 0 radical (unpaired) electrons. The largest absolute Gasteiger partial charge is 0.286 e. The molecule has 0 aliphatic carbocycles. The van der Waals surface area contributed by atoms with E-state index in [1.54, 1.807) is 7.05 Å². The predicted octanol–water partition coefficient (Wildman–Crippen LogP) is 3.13. The van der Waals surface area contributed by atoms with Crippen LogP contribution in [0.3, 0.4) is 0 Å². The molecule has 0 rings (SSSR count). The lowest BCUT2D eigenvalue weighted by atomic mass is 10.1. The highest BCUT2D eigenvalue weighted by molar-refractivity contribution is 5.93. The van der Waals surface area contributed by atoms with Crippen molar-refractivity contribution >= 4 is 11.8 Å². The Kier molecular flexibility index (Phi) is 8.87. The van der Waals surface area contributed by atoms with Crippen LogP contribution in [-0.2, 0) is 9.59 Å². The quantitative estimate of drug-likeness (QED) is 0.597. The minimum absolute atomic E-state index is 0.0546. The van der Waals surface area contributed by atoms with Crippen LogP contribution in [0, 0.1) is 0 Å². The van der Waals surface area contributed by atoms with Gasteiger partial charge in [-0.2, -0.15) is 0 Å². The molecule has 0 unspecified atom stereocenters. The molecule has 16 heavy (non-hydrogen) atoms. The topological polar surface area (TPSA) is 37.4 Å². The highest BCUT2D eigenvalue weighted by Gasteiger charge is 2.11. The summed E-state index contributed by atoms with van der Waals surface area (Å²) in [4.78, 5) is 23.5. The maximum Gasteiger partial charge on any atom is 0.228 e. The van der Waals surface area contributed by atoms with Crippen molar-refractivity contribution in [2.24, 2.45) is 0 Å². The van der Waals surface area contributed by atoms with Crippen molar-refractivity contribution in [3.63, 3.8) is 0 Å². The molecule has 0 bridgehead atoms. The van der Waals surface area contributed by atoms with Crippen molar-refractivity contribution in [2.45, 2.75) is 65.2 Å². The van der Waals surface area contributed by atoms with Gasteiger partial charge < -0.3 is 0 Å². The summed E-state index contributed by atoms with van der Waals surface area (Å²) in [6.45, 7) is 3.62. The van der Waals surface area contributed by atoms with Crippen LogP contribution in [-0.4, -0.2) is 23.8 Å². The van der Waals surface area contributed by atoms with Crippen LogP contribution in [0.5, 0.6) is 0 Å². The third-order valence-electron chi connectivity index (χ3n) is 2.84. The number of rotatable bonds is 8. The molecule has 0 fully saturated rings. The molecule has 3 heteroatoms. The molecule has 0 aromatic rings. The highest BCUT2D eigenvalue weighted by Crippen LogP contribution is 2.09. The Labute approximate surface area is 99.2 Å². The van der Waals surface area contributed by atoms with Crippen molar-refractivity contribution in [1.29, 1.82) is 0 Å². The van der Waals surface area contributed by atoms with E-state index in [9.17, 15) is 9.59 Å². The molecule has 94 valence electrons. The molecule has 0 aromatic carbocycles. The molecule has 0 N–H and O–H groups in total. The van der Waals surface area contributed by atoms with E-state index in [4.69, 9.17) is 0 Å². The van der Waals surface area contributed by atoms with Crippen molar-refractivity contribution in [1.82, 2.24) is 4.90 Å². The van der Waals surface area contributed by atoms with E-state index in [2.05, 4.69) is 6.92 Å². The van der Waals surface area contributed by atoms with E-state index in [1.165, 1.54) is 43.9 Å². The van der Waals surface area contributed by atoms with Gasteiger partial charge in [-0.15, -0.1) is 0 Å². The maximum absolute atomic E-state index is 11.4. The molecular weight excluding hydrogens is 202 g/mol. The number of imide groups is 1. The van der Waals surface area contributed by atoms with Gasteiger partial charge in [0.15, 0.2) is 0 Å². The molecule has 0 aliphatic rings. The highest BCUT2D eigenvalue weighted by atomic mass is 16.2. The monoisotopic (exact) mass is 227 g/mol. The number of unbranched alkanes of at least 4 members (excludes halogenated alkanes) is 6. The van der Waals surface area contributed by atoms with Gasteiger partial charge in [0, 0.05) is 20.4 Å². The first kappa shape index (κ1) is 15.1. The molecule has 0 spiro atoms. The van der Waals surface area contributed by atoms with Crippen LogP contribution in [0.1, 0.15) is 65.2 Å². The number of hydrogen-bond acceptors (Lipinski definition) is 2. The molecule has 0 saturated carbocycles. The molecular formula is C13H25NO2. The SMILES string of the molecule is CCCCCCCCCC(=O)N(C)C(C)=O. The Morgan fingerprint density at radius 3 is 1.94 bits per heavy atom. The van der Waals surface area contributed by atoms with Gasteiger partial charge in [-0.3, -0.25) is 14.5 Å². The number of hydrogen-bond donors (Lipinski definition) is 0. The van der Waals surface area contributed by atoms with Gasteiger partial charge in [0.25, 0.3) is 0 Å². The summed E-state index contributed by atoms with van der Waals surface area (Å²) in [6.07, 6.45) is 8.86. The predicted molar refractivity (Wildman–Crippen MR) is 66.1 cm³/mol. The van der Waals surface area contributed by atoms with Crippen LogP contribution in [0.2, 0.25) is 0 Å². The fourth-order valence-corrected chi connectivity index (χ4v) is 1.58. The van der Waals surface area contributed by atoms with Gasteiger partial charge in [0.2, 0.25) is 11.8 Å². The number of amides is 2. The van der Waals surface area contributed by atoms with Gasteiger partial charge in [0.05, 0.1) is 0 Å². The van der Waals surface area contributed by atoms with E-state index in [0.717, 1.165) is 12.8 Å². The fraction of sp³-hybridized carbons (Fsp3) is 0.846. The number of carbonyl (C=O) groups excluding carboxylic acids is 2. The van der Waals surface area contributed by atoms with E-state index < -0.39 is 0 Å². The van der Waals surface area contributed by atoms with E-state index >= 15 is 0 Å². The van der Waals surface area contributed by atoms with Gasteiger partial charge >= 0.3 is 0 Å².